The summed E-state index contributed by atoms with van der Waals surface area (Å²) in [6.07, 6.45) is 0. The Kier molecular flexibility index (Phi) is 4.54. The highest BCUT2D eigenvalue weighted by Crippen LogP contribution is 2.29. The summed E-state index contributed by atoms with van der Waals surface area (Å²) in [6.45, 7) is 7.33. The van der Waals surface area contributed by atoms with Crippen LogP contribution in [0.3, 0.4) is 0 Å². The molecule has 1 aromatic heterocycles. The van der Waals surface area contributed by atoms with Gasteiger partial charge in [0.25, 0.3) is 0 Å². The van der Waals surface area contributed by atoms with E-state index >= 15 is 0 Å². The van der Waals surface area contributed by atoms with Gasteiger partial charge in [0.1, 0.15) is 5.01 Å². The van der Waals surface area contributed by atoms with Gasteiger partial charge in [-0.25, -0.2) is 4.98 Å². The van der Waals surface area contributed by atoms with Crippen LogP contribution in [0, 0.1) is 6.92 Å². The third-order valence-corrected chi connectivity index (χ3v) is 4.68. The topological polar surface area (TPSA) is 24.9 Å². The third-order valence-electron chi connectivity index (χ3n) is 2.88. The monoisotopic (exact) mass is 324 g/mol. The number of aromatic nitrogens is 1. The first kappa shape index (κ1) is 13.7. The minimum absolute atomic E-state index is 0.316. The van der Waals surface area contributed by atoms with Crippen LogP contribution >= 0.6 is 27.3 Å². The van der Waals surface area contributed by atoms with E-state index in [1.807, 2.05) is 0 Å². The van der Waals surface area contributed by atoms with Crippen molar-refractivity contribution in [2.75, 3.05) is 6.54 Å². The van der Waals surface area contributed by atoms with Gasteiger partial charge in [0, 0.05) is 21.5 Å². The molecule has 18 heavy (non-hydrogen) atoms. The van der Waals surface area contributed by atoms with E-state index in [1.165, 1.54) is 11.1 Å². The maximum absolute atomic E-state index is 4.71. The zero-order valence-corrected chi connectivity index (χ0v) is 13.2. The molecule has 0 radical (unpaired) electrons. The van der Waals surface area contributed by atoms with Crippen LogP contribution in [0.15, 0.2) is 28.1 Å². The molecule has 1 heterocycles. The lowest BCUT2D eigenvalue weighted by atomic mass is 10.1. The van der Waals surface area contributed by atoms with Gasteiger partial charge in [0.2, 0.25) is 0 Å². The summed E-state index contributed by atoms with van der Waals surface area (Å²) in [5, 5.41) is 6.61. The van der Waals surface area contributed by atoms with Crippen LogP contribution in [0.1, 0.15) is 31.1 Å². The summed E-state index contributed by atoms with van der Waals surface area (Å²) in [5.74, 6) is 0. The Balaban J connectivity index is 2.26. The average molecular weight is 325 g/mol. The van der Waals surface area contributed by atoms with Gasteiger partial charge < -0.3 is 5.32 Å². The van der Waals surface area contributed by atoms with Crippen molar-refractivity contribution in [3.8, 4) is 10.6 Å². The quantitative estimate of drug-likeness (QED) is 0.892. The van der Waals surface area contributed by atoms with Gasteiger partial charge in [-0.3, -0.25) is 0 Å². The Hall–Kier alpha value is -0.710. The van der Waals surface area contributed by atoms with Gasteiger partial charge in [-0.1, -0.05) is 28.9 Å². The SMILES string of the molecule is CCNC(C)c1csc(-c2ccc(Br)c(C)c2)n1. The smallest absolute Gasteiger partial charge is 0.123 e. The molecule has 1 unspecified atom stereocenters. The van der Waals surface area contributed by atoms with Gasteiger partial charge in [-0.15, -0.1) is 11.3 Å². The van der Waals surface area contributed by atoms with E-state index in [2.05, 4.69) is 65.6 Å². The molecule has 4 heteroatoms. The van der Waals surface area contributed by atoms with Gasteiger partial charge in [0.15, 0.2) is 0 Å². The molecule has 1 N–H and O–H groups in total. The van der Waals surface area contributed by atoms with Gasteiger partial charge in [-0.05, 0) is 38.1 Å². The second kappa shape index (κ2) is 5.95. The molecule has 0 aliphatic heterocycles. The molecule has 2 aromatic rings. The molecule has 0 aliphatic rings. The number of hydrogen-bond acceptors (Lipinski definition) is 3. The molecular weight excluding hydrogens is 308 g/mol. The van der Waals surface area contributed by atoms with Gasteiger partial charge in [0.05, 0.1) is 5.69 Å². The van der Waals surface area contributed by atoms with E-state index in [-0.39, 0.29) is 0 Å². The minimum atomic E-state index is 0.316. The molecule has 0 saturated heterocycles. The van der Waals surface area contributed by atoms with E-state index in [0.29, 0.717) is 6.04 Å². The molecule has 1 aromatic carbocycles. The van der Waals surface area contributed by atoms with Crippen molar-refractivity contribution < 1.29 is 0 Å². The molecule has 0 bridgehead atoms. The average Bonchev–Trinajstić information content (AvgIpc) is 2.82. The molecule has 0 amide bonds. The van der Waals surface area contributed by atoms with E-state index in [4.69, 9.17) is 4.98 Å². The fourth-order valence-electron chi connectivity index (χ4n) is 1.81. The van der Waals surface area contributed by atoms with Crippen molar-refractivity contribution >= 4 is 27.3 Å². The number of nitrogens with zero attached hydrogens (tertiary/aromatic N) is 1. The predicted molar refractivity (Wildman–Crippen MR) is 82.1 cm³/mol. The Labute approximate surface area is 121 Å². The number of hydrogen-bond donors (Lipinski definition) is 1. The summed E-state index contributed by atoms with van der Waals surface area (Å²) in [5.41, 5.74) is 3.55. The van der Waals surface area contributed by atoms with Crippen LogP contribution in [-0.4, -0.2) is 11.5 Å². The van der Waals surface area contributed by atoms with Crippen LogP contribution < -0.4 is 5.32 Å². The number of aryl methyl sites for hydroxylation is 1. The van der Waals surface area contributed by atoms with Crippen LogP contribution in [-0.2, 0) is 0 Å². The van der Waals surface area contributed by atoms with Crippen molar-refractivity contribution in [2.45, 2.75) is 26.8 Å². The van der Waals surface area contributed by atoms with Gasteiger partial charge in [-0.2, -0.15) is 0 Å². The lowest BCUT2D eigenvalue weighted by Gasteiger charge is -2.08. The van der Waals surface area contributed by atoms with E-state index in [1.54, 1.807) is 11.3 Å². The molecule has 0 spiro atoms. The standard InChI is InChI=1S/C14H17BrN2S/c1-4-16-10(3)13-8-18-14(17-13)11-5-6-12(15)9(2)7-11/h5-8,10,16H,4H2,1-3H3. The lowest BCUT2D eigenvalue weighted by Crippen LogP contribution is -2.17. The van der Waals surface area contributed by atoms with Crippen LogP contribution in [0.2, 0.25) is 0 Å². The van der Waals surface area contributed by atoms with E-state index in [9.17, 15) is 0 Å². The fourth-order valence-corrected chi connectivity index (χ4v) is 2.96. The largest absolute Gasteiger partial charge is 0.309 e. The van der Waals surface area contributed by atoms with Crippen LogP contribution in [0.5, 0.6) is 0 Å². The molecule has 96 valence electrons. The molecule has 0 aliphatic carbocycles. The zero-order valence-electron chi connectivity index (χ0n) is 10.8. The zero-order chi connectivity index (χ0) is 13.1. The lowest BCUT2D eigenvalue weighted by molar-refractivity contribution is 0.587. The summed E-state index contributed by atoms with van der Waals surface area (Å²) >= 11 is 5.23. The molecule has 2 rings (SSSR count). The molecular formula is C14H17BrN2S. The second-order valence-electron chi connectivity index (χ2n) is 4.32. The fraction of sp³-hybridized carbons (Fsp3) is 0.357. The summed E-state index contributed by atoms with van der Waals surface area (Å²) in [6, 6.07) is 6.68. The number of thiazole rings is 1. The van der Waals surface area contributed by atoms with Crippen molar-refractivity contribution in [2.24, 2.45) is 0 Å². The van der Waals surface area contributed by atoms with E-state index < -0.39 is 0 Å². The highest BCUT2D eigenvalue weighted by Gasteiger charge is 2.10. The predicted octanol–water partition coefficient (Wildman–Crippen LogP) is 4.55. The van der Waals surface area contributed by atoms with Crippen molar-refractivity contribution in [1.82, 2.24) is 10.3 Å². The van der Waals surface area contributed by atoms with E-state index in [0.717, 1.165) is 21.7 Å². The number of benzene rings is 1. The van der Waals surface area contributed by atoms with Crippen molar-refractivity contribution in [1.29, 1.82) is 0 Å². The summed E-state index contributed by atoms with van der Waals surface area (Å²) < 4.78 is 1.14. The first-order valence-electron chi connectivity index (χ1n) is 6.07. The molecule has 1 atom stereocenters. The highest BCUT2D eigenvalue weighted by molar-refractivity contribution is 9.10. The number of halogens is 1. The normalized spacial score (nSPS) is 12.7. The Morgan fingerprint density at radius 2 is 2.22 bits per heavy atom. The second-order valence-corrected chi connectivity index (χ2v) is 6.03. The number of nitrogens with one attached hydrogen (secondary N) is 1. The maximum Gasteiger partial charge on any atom is 0.123 e. The van der Waals surface area contributed by atoms with Crippen molar-refractivity contribution in [3.05, 3.63) is 39.3 Å². The first-order valence-corrected chi connectivity index (χ1v) is 7.74. The third kappa shape index (κ3) is 2.99. The summed E-state index contributed by atoms with van der Waals surface area (Å²) in [4.78, 5) is 4.71. The first-order chi connectivity index (χ1) is 8.61. The molecule has 0 fully saturated rings. The van der Waals surface area contributed by atoms with Crippen LogP contribution in [0.25, 0.3) is 10.6 Å². The van der Waals surface area contributed by atoms with Crippen molar-refractivity contribution in [3.63, 3.8) is 0 Å². The van der Waals surface area contributed by atoms with Crippen LogP contribution in [0.4, 0.5) is 0 Å². The maximum atomic E-state index is 4.71. The minimum Gasteiger partial charge on any atom is -0.309 e. The molecule has 2 nitrogen and oxygen atoms in total. The molecule has 0 saturated carbocycles. The highest BCUT2D eigenvalue weighted by atomic mass is 79.9. The van der Waals surface area contributed by atoms with Gasteiger partial charge >= 0.3 is 0 Å². The summed E-state index contributed by atoms with van der Waals surface area (Å²) in [7, 11) is 0. The Bertz CT molecular complexity index is 536. The Morgan fingerprint density at radius 3 is 2.89 bits per heavy atom. The number of rotatable bonds is 4. The Morgan fingerprint density at radius 1 is 1.44 bits per heavy atom.